The van der Waals surface area contributed by atoms with Gasteiger partial charge in [-0.05, 0) is 31.4 Å². The highest BCUT2D eigenvalue weighted by atomic mass is 32.2. The normalized spacial score (nSPS) is 12.7. The summed E-state index contributed by atoms with van der Waals surface area (Å²) in [5.74, 6) is 0. The molecule has 0 bridgehead atoms. The molecule has 1 unspecified atom stereocenters. The average molecular weight is 238 g/mol. The molecule has 1 aromatic carbocycles. The van der Waals surface area contributed by atoms with Crippen molar-refractivity contribution in [2.45, 2.75) is 31.3 Å². The first-order chi connectivity index (χ1) is 7.77. The zero-order valence-electron chi connectivity index (χ0n) is 10.4. The molecule has 0 aliphatic rings. The van der Waals surface area contributed by atoms with Gasteiger partial charge in [0, 0.05) is 24.0 Å². The third-order valence-corrected chi connectivity index (χ3v) is 3.37. The monoisotopic (exact) mass is 238 g/mol. The molecule has 0 fully saturated rings. The van der Waals surface area contributed by atoms with Crippen molar-refractivity contribution in [2.75, 3.05) is 19.3 Å². The lowest BCUT2D eigenvalue weighted by molar-refractivity contribution is 0.507. The number of rotatable bonds is 7. The molecule has 1 rings (SSSR count). The Balaban J connectivity index is 2.41. The van der Waals surface area contributed by atoms with Gasteiger partial charge in [-0.3, -0.25) is 0 Å². The van der Waals surface area contributed by atoms with Gasteiger partial charge in [0.15, 0.2) is 0 Å². The first-order valence-electron chi connectivity index (χ1n) is 5.84. The van der Waals surface area contributed by atoms with E-state index in [4.69, 9.17) is 0 Å². The molecule has 3 heteroatoms. The van der Waals surface area contributed by atoms with Crippen LogP contribution in [0.3, 0.4) is 0 Å². The van der Waals surface area contributed by atoms with E-state index in [-0.39, 0.29) is 0 Å². The van der Waals surface area contributed by atoms with E-state index in [1.165, 1.54) is 10.5 Å². The minimum atomic E-state index is 0.509. The van der Waals surface area contributed by atoms with Crippen LogP contribution in [0.15, 0.2) is 29.2 Å². The summed E-state index contributed by atoms with van der Waals surface area (Å²) in [6.45, 7) is 7.36. The minimum Gasteiger partial charge on any atom is -0.315 e. The molecule has 0 heterocycles. The van der Waals surface area contributed by atoms with Crippen molar-refractivity contribution in [3.63, 3.8) is 0 Å². The average Bonchev–Trinajstić information content (AvgIpc) is 2.34. The SMILES string of the molecule is CCNCC(C)NCc1ccccc1SC. The molecule has 0 saturated heterocycles. The van der Waals surface area contributed by atoms with E-state index < -0.39 is 0 Å². The van der Waals surface area contributed by atoms with Crippen LogP contribution in [-0.4, -0.2) is 25.4 Å². The van der Waals surface area contributed by atoms with Crippen molar-refractivity contribution in [3.8, 4) is 0 Å². The van der Waals surface area contributed by atoms with Crippen molar-refractivity contribution in [2.24, 2.45) is 0 Å². The van der Waals surface area contributed by atoms with E-state index in [1.54, 1.807) is 0 Å². The Morgan fingerprint density at radius 2 is 2.06 bits per heavy atom. The van der Waals surface area contributed by atoms with E-state index in [9.17, 15) is 0 Å². The molecule has 90 valence electrons. The first kappa shape index (κ1) is 13.6. The molecular formula is C13H22N2S. The predicted octanol–water partition coefficient (Wildman–Crippen LogP) is 2.50. The van der Waals surface area contributed by atoms with Crippen LogP contribution < -0.4 is 10.6 Å². The molecule has 0 aliphatic carbocycles. The Labute approximate surface area is 103 Å². The summed E-state index contributed by atoms with van der Waals surface area (Å²) < 4.78 is 0. The van der Waals surface area contributed by atoms with Crippen molar-refractivity contribution in [3.05, 3.63) is 29.8 Å². The number of thioether (sulfide) groups is 1. The molecule has 2 N–H and O–H groups in total. The van der Waals surface area contributed by atoms with Crippen LogP contribution >= 0.6 is 11.8 Å². The Bertz CT molecular complexity index is 302. The number of hydrogen-bond donors (Lipinski definition) is 2. The van der Waals surface area contributed by atoms with Gasteiger partial charge in [0.25, 0.3) is 0 Å². The van der Waals surface area contributed by atoms with E-state index in [1.807, 2.05) is 11.8 Å². The van der Waals surface area contributed by atoms with Crippen LogP contribution in [0, 0.1) is 0 Å². The van der Waals surface area contributed by atoms with Crippen LogP contribution in [0.5, 0.6) is 0 Å². The molecule has 0 aliphatic heterocycles. The quantitative estimate of drug-likeness (QED) is 0.714. The molecule has 16 heavy (non-hydrogen) atoms. The number of nitrogens with one attached hydrogen (secondary N) is 2. The molecular weight excluding hydrogens is 216 g/mol. The molecule has 1 aromatic rings. The smallest absolute Gasteiger partial charge is 0.0219 e. The second kappa shape index (κ2) is 7.71. The summed E-state index contributed by atoms with van der Waals surface area (Å²) >= 11 is 1.81. The Morgan fingerprint density at radius 3 is 2.75 bits per heavy atom. The molecule has 0 amide bonds. The van der Waals surface area contributed by atoms with Crippen molar-refractivity contribution >= 4 is 11.8 Å². The van der Waals surface area contributed by atoms with Crippen LogP contribution in [0.4, 0.5) is 0 Å². The van der Waals surface area contributed by atoms with Crippen LogP contribution in [0.2, 0.25) is 0 Å². The number of benzene rings is 1. The highest BCUT2D eigenvalue weighted by Gasteiger charge is 2.03. The fourth-order valence-corrected chi connectivity index (χ4v) is 2.18. The molecule has 1 atom stereocenters. The van der Waals surface area contributed by atoms with Gasteiger partial charge in [-0.1, -0.05) is 25.1 Å². The molecule has 0 aromatic heterocycles. The van der Waals surface area contributed by atoms with Crippen molar-refractivity contribution < 1.29 is 0 Å². The molecule has 0 saturated carbocycles. The molecule has 0 spiro atoms. The van der Waals surface area contributed by atoms with Crippen LogP contribution in [0.25, 0.3) is 0 Å². The summed E-state index contributed by atoms with van der Waals surface area (Å²) in [4.78, 5) is 1.37. The van der Waals surface area contributed by atoms with Gasteiger partial charge in [0.2, 0.25) is 0 Å². The van der Waals surface area contributed by atoms with Crippen LogP contribution in [-0.2, 0) is 6.54 Å². The zero-order chi connectivity index (χ0) is 11.8. The van der Waals surface area contributed by atoms with Gasteiger partial charge in [0.1, 0.15) is 0 Å². The van der Waals surface area contributed by atoms with Gasteiger partial charge in [0.05, 0.1) is 0 Å². The molecule has 2 nitrogen and oxygen atoms in total. The van der Waals surface area contributed by atoms with E-state index in [0.29, 0.717) is 6.04 Å². The summed E-state index contributed by atoms with van der Waals surface area (Å²) in [6, 6.07) is 9.08. The lowest BCUT2D eigenvalue weighted by Crippen LogP contribution is -2.35. The second-order valence-corrected chi connectivity index (χ2v) is 4.75. The van der Waals surface area contributed by atoms with E-state index in [2.05, 4.69) is 55.0 Å². The lowest BCUT2D eigenvalue weighted by Gasteiger charge is -2.15. The fourth-order valence-electron chi connectivity index (χ4n) is 1.57. The zero-order valence-corrected chi connectivity index (χ0v) is 11.2. The van der Waals surface area contributed by atoms with Gasteiger partial charge in [-0.2, -0.15) is 0 Å². The highest BCUT2D eigenvalue weighted by molar-refractivity contribution is 7.98. The first-order valence-corrected chi connectivity index (χ1v) is 7.06. The molecule has 0 radical (unpaired) electrons. The minimum absolute atomic E-state index is 0.509. The maximum absolute atomic E-state index is 3.53. The summed E-state index contributed by atoms with van der Waals surface area (Å²) in [5.41, 5.74) is 1.39. The van der Waals surface area contributed by atoms with E-state index >= 15 is 0 Å². The maximum Gasteiger partial charge on any atom is 0.0219 e. The summed E-state index contributed by atoms with van der Waals surface area (Å²) in [5, 5.41) is 6.88. The summed E-state index contributed by atoms with van der Waals surface area (Å²) in [7, 11) is 0. The Morgan fingerprint density at radius 1 is 1.31 bits per heavy atom. The maximum atomic E-state index is 3.53. The third kappa shape index (κ3) is 4.56. The van der Waals surface area contributed by atoms with Crippen LogP contribution in [0.1, 0.15) is 19.4 Å². The van der Waals surface area contributed by atoms with Gasteiger partial charge >= 0.3 is 0 Å². The second-order valence-electron chi connectivity index (χ2n) is 3.90. The predicted molar refractivity (Wildman–Crippen MR) is 73.1 cm³/mol. The number of hydrogen-bond acceptors (Lipinski definition) is 3. The van der Waals surface area contributed by atoms with Gasteiger partial charge in [-0.15, -0.1) is 11.8 Å². The third-order valence-electron chi connectivity index (χ3n) is 2.53. The topological polar surface area (TPSA) is 24.1 Å². The number of likely N-dealkylation sites (N-methyl/N-ethyl adjacent to an activating group) is 1. The van der Waals surface area contributed by atoms with Crippen molar-refractivity contribution in [1.82, 2.24) is 10.6 Å². The lowest BCUT2D eigenvalue weighted by atomic mass is 10.2. The Hall–Kier alpha value is -0.510. The standard InChI is InChI=1S/C13H22N2S/c1-4-14-9-11(2)15-10-12-7-5-6-8-13(12)16-3/h5-8,11,14-15H,4,9-10H2,1-3H3. The van der Waals surface area contributed by atoms with E-state index in [0.717, 1.165) is 19.6 Å². The fraction of sp³-hybridized carbons (Fsp3) is 0.538. The van der Waals surface area contributed by atoms with Gasteiger partial charge in [-0.25, -0.2) is 0 Å². The largest absolute Gasteiger partial charge is 0.315 e. The van der Waals surface area contributed by atoms with Crippen molar-refractivity contribution in [1.29, 1.82) is 0 Å². The highest BCUT2D eigenvalue weighted by Crippen LogP contribution is 2.19. The summed E-state index contributed by atoms with van der Waals surface area (Å²) in [6.07, 6.45) is 2.13. The Kier molecular flexibility index (Phi) is 6.53. The van der Waals surface area contributed by atoms with Gasteiger partial charge < -0.3 is 10.6 Å².